The van der Waals surface area contributed by atoms with Crippen molar-refractivity contribution in [1.82, 2.24) is 4.31 Å². The highest BCUT2D eigenvalue weighted by molar-refractivity contribution is 7.89. The smallest absolute Gasteiger partial charge is 0.212 e. The minimum absolute atomic E-state index is 0.181. The van der Waals surface area contributed by atoms with Crippen molar-refractivity contribution in [2.75, 3.05) is 26.9 Å². The lowest BCUT2D eigenvalue weighted by molar-refractivity contribution is 0.522. The van der Waals surface area contributed by atoms with Gasteiger partial charge in [0.05, 0.1) is 11.4 Å². The Hall–Kier alpha value is -1.27. The van der Waals surface area contributed by atoms with Gasteiger partial charge in [-0.3, -0.25) is 0 Å². The van der Waals surface area contributed by atoms with Crippen LogP contribution in [0.3, 0.4) is 0 Å². The standard InChI is InChI=1S/C11H14N2.C4H11NO2S.2C2H6/c1-12-13-11-8-4-6-9-5-2-3-7-10(9)11;1-4-8(6,7)5(2)3;2*1-2/h4,6,8H,2-3,5,7H2,1H3;4H2,1-3H3;2*1-2H3. The molecule has 0 aromatic heterocycles. The molecule has 0 bridgehead atoms. The Labute approximate surface area is 155 Å². The summed E-state index contributed by atoms with van der Waals surface area (Å²) < 4.78 is 22.5. The second kappa shape index (κ2) is 15.0. The van der Waals surface area contributed by atoms with Crippen LogP contribution in [-0.2, 0) is 22.9 Å². The maximum atomic E-state index is 10.6. The van der Waals surface area contributed by atoms with Crippen molar-refractivity contribution in [3.63, 3.8) is 0 Å². The van der Waals surface area contributed by atoms with Crippen molar-refractivity contribution in [2.45, 2.75) is 60.3 Å². The Morgan fingerprint density at radius 3 is 2.04 bits per heavy atom. The summed E-state index contributed by atoms with van der Waals surface area (Å²) in [5, 5.41) is 7.98. The fourth-order valence-corrected chi connectivity index (χ4v) is 2.74. The number of hydrogen-bond acceptors (Lipinski definition) is 4. The third-order valence-corrected chi connectivity index (χ3v) is 5.34. The van der Waals surface area contributed by atoms with E-state index in [1.807, 2.05) is 27.7 Å². The highest BCUT2D eigenvalue weighted by atomic mass is 32.2. The van der Waals surface area contributed by atoms with Gasteiger partial charge in [-0.05, 0) is 49.8 Å². The number of rotatable bonds is 3. The lowest BCUT2D eigenvalue weighted by atomic mass is 9.91. The fraction of sp³-hybridized carbons (Fsp3) is 0.684. The molecule has 146 valence electrons. The van der Waals surface area contributed by atoms with E-state index in [1.54, 1.807) is 14.0 Å². The molecule has 0 atom stereocenters. The number of benzene rings is 1. The zero-order valence-corrected chi connectivity index (χ0v) is 18.2. The quantitative estimate of drug-likeness (QED) is 0.683. The molecule has 0 fully saturated rings. The van der Waals surface area contributed by atoms with Gasteiger partial charge in [-0.15, -0.1) is 0 Å². The SMILES string of the molecule is CC.CC.CCS(=O)(=O)N(C)C.CN=Nc1cccc2c1CCCC2. The normalized spacial score (nSPS) is 12.8. The molecular weight excluding hydrogens is 334 g/mol. The van der Waals surface area contributed by atoms with E-state index in [2.05, 4.69) is 28.4 Å². The minimum atomic E-state index is -2.90. The highest BCUT2D eigenvalue weighted by Gasteiger charge is 2.12. The van der Waals surface area contributed by atoms with Crippen molar-refractivity contribution in [1.29, 1.82) is 0 Å². The van der Waals surface area contributed by atoms with Gasteiger partial charge in [0.15, 0.2) is 0 Å². The van der Waals surface area contributed by atoms with Gasteiger partial charge in [0.25, 0.3) is 0 Å². The van der Waals surface area contributed by atoms with Crippen molar-refractivity contribution in [3.05, 3.63) is 29.3 Å². The van der Waals surface area contributed by atoms with Gasteiger partial charge in [0, 0.05) is 21.1 Å². The predicted octanol–water partition coefficient (Wildman–Crippen LogP) is 5.23. The number of hydrogen-bond donors (Lipinski definition) is 0. The molecule has 1 aliphatic carbocycles. The van der Waals surface area contributed by atoms with E-state index in [0.29, 0.717) is 0 Å². The van der Waals surface area contributed by atoms with Crippen LogP contribution in [0.2, 0.25) is 0 Å². The second-order valence-electron chi connectivity index (χ2n) is 5.10. The molecule has 0 radical (unpaired) electrons. The number of azo groups is 1. The van der Waals surface area contributed by atoms with Crippen LogP contribution in [0.15, 0.2) is 28.4 Å². The average molecular weight is 372 g/mol. The molecule has 25 heavy (non-hydrogen) atoms. The average Bonchev–Trinajstić information content (AvgIpc) is 2.66. The van der Waals surface area contributed by atoms with Gasteiger partial charge >= 0.3 is 0 Å². The Kier molecular flexibility index (Phi) is 15.6. The topological polar surface area (TPSA) is 62.1 Å². The van der Waals surface area contributed by atoms with E-state index in [1.165, 1.54) is 55.2 Å². The van der Waals surface area contributed by atoms with Crippen LogP contribution in [0.25, 0.3) is 0 Å². The first-order chi connectivity index (χ1) is 11.9. The van der Waals surface area contributed by atoms with E-state index in [-0.39, 0.29) is 5.75 Å². The third kappa shape index (κ3) is 9.70. The van der Waals surface area contributed by atoms with E-state index in [9.17, 15) is 8.42 Å². The Morgan fingerprint density at radius 2 is 1.60 bits per heavy atom. The van der Waals surface area contributed by atoms with Gasteiger partial charge in [-0.1, -0.05) is 39.8 Å². The fourth-order valence-electron chi connectivity index (χ4n) is 2.22. The summed E-state index contributed by atoms with van der Waals surface area (Å²) >= 11 is 0. The molecule has 0 heterocycles. The van der Waals surface area contributed by atoms with E-state index in [4.69, 9.17) is 0 Å². The first-order valence-corrected chi connectivity index (χ1v) is 10.8. The molecule has 6 heteroatoms. The maximum absolute atomic E-state index is 10.6. The van der Waals surface area contributed by atoms with Gasteiger partial charge < -0.3 is 0 Å². The molecular formula is C19H37N3O2S. The number of fused-ring (bicyclic) bond motifs is 1. The van der Waals surface area contributed by atoms with Crippen LogP contribution in [0, 0.1) is 0 Å². The summed E-state index contributed by atoms with van der Waals surface area (Å²) in [4.78, 5) is 0. The molecule has 1 aliphatic rings. The van der Waals surface area contributed by atoms with Crippen LogP contribution in [0.4, 0.5) is 5.69 Å². The van der Waals surface area contributed by atoms with E-state index >= 15 is 0 Å². The molecule has 0 N–H and O–H groups in total. The molecule has 1 aromatic carbocycles. The molecule has 0 unspecified atom stereocenters. The van der Waals surface area contributed by atoms with Gasteiger partial charge in [-0.2, -0.15) is 10.2 Å². The van der Waals surface area contributed by atoms with Crippen LogP contribution in [0.5, 0.6) is 0 Å². The first-order valence-electron chi connectivity index (χ1n) is 9.23. The van der Waals surface area contributed by atoms with Crippen molar-refractivity contribution < 1.29 is 8.42 Å². The molecule has 5 nitrogen and oxygen atoms in total. The van der Waals surface area contributed by atoms with Gasteiger partial charge in [-0.25, -0.2) is 12.7 Å². The molecule has 1 aromatic rings. The van der Waals surface area contributed by atoms with Crippen LogP contribution in [-0.4, -0.2) is 39.6 Å². The van der Waals surface area contributed by atoms with E-state index < -0.39 is 10.0 Å². The molecule has 2 rings (SSSR count). The van der Waals surface area contributed by atoms with E-state index in [0.717, 1.165) is 5.69 Å². The summed E-state index contributed by atoms with van der Waals surface area (Å²) in [6.45, 7) is 9.62. The molecule has 0 amide bonds. The maximum Gasteiger partial charge on any atom is 0.213 e. The lowest BCUT2D eigenvalue weighted by Gasteiger charge is -2.16. The lowest BCUT2D eigenvalue weighted by Crippen LogP contribution is -2.23. The molecule has 0 saturated carbocycles. The summed E-state index contributed by atoms with van der Waals surface area (Å²) in [6, 6.07) is 6.34. The van der Waals surface area contributed by atoms with Crippen molar-refractivity contribution in [3.8, 4) is 0 Å². The number of sulfonamides is 1. The minimum Gasteiger partial charge on any atom is -0.212 e. The molecule has 0 saturated heterocycles. The summed E-state index contributed by atoms with van der Waals surface area (Å²) in [5.74, 6) is 0.181. The Morgan fingerprint density at radius 1 is 1.04 bits per heavy atom. The zero-order chi connectivity index (χ0) is 19.9. The monoisotopic (exact) mass is 371 g/mol. The number of nitrogens with zero attached hydrogens (tertiary/aromatic N) is 3. The molecule has 0 spiro atoms. The predicted molar refractivity (Wildman–Crippen MR) is 109 cm³/mol. The summed E-state index contributed by atoms with van der Waals surface area (Å²) in [5.41, 5.74) is 3.95. The highest BCUT2D eigenvalue weighted by Crippen LogP contribution is 2.29. The summed E-state index contributed by atoms with van der Waals surface area (Å²) in [6.07, 6.45) is 5.00. The third-order valence-electron chi connectivity index (χ3n) is 3.50. The summed E-state index contributed by atoms with van der Waals surface area (Å²) in [7, 11) is 1.87. The van der Waals surface area contributed by atoms with Crippen LogP contribution in [0.1, 0.15) is 58.6 Å². The Balaban J connectivity index is 0. The largest absolute Gasteiger partial charge is 0.213 e. The van der Waals surface area contributed by atoms with Crippen molar-refractivity contribution in [2.24, 2.45) is 10.2 Å². The molecule has 0 aliphatic heterocycles. The van der Waals surface area contributed by atoms with Crippen molar-refractivity contribution >= 4 is 15.7 Å². The van der Waals surface area contributed by atoms with Gasteiger partial charge in [0.1, 0.15) is 0 Å². The second-order valence-corrected chi connectivity index (χ2v) is 7.58. The van der Waals surface area contributed by atoms with Crippen LogP contribution < -0.4 is 0 Å². The van der Waals surface area contributed by atoms with Crippen LogP contribution >= 0.6 is 0 Å². The first kappa shape index (κ1) is 26.0. The van der Waals surface area contributed by atoms with Gasteiger partial charge in [0.2, 0.25) is 10.0 Å². The zero-order valence-electron chi connectivity index (χ0n) is 17.3. The number of aryl methyl sites for hydroxylation is 1. The Bertz CT molecular complexity index is 582.